The van der Waals surface area contributed by atoms with Crippen LogP contribution in [-0.4, -0.2) is 6.54 Å². The molecule has 0 unspecified atom stereocenters. The fourth-order valence-corrected chi connectivity index (χ4v) is 1.66. The fraction of sp³-hybridized carbons (Fsp3) is 0.500. The zero-order valence-electron chi connectivity index (χ0n) is 10.7. The van der Waals surface area contributed by atoms with Crippen molar-refractivity contribution >= 4 is 5.69 Å². The van der Waals surface area contributed by atoms with Gasteiger partial charge in [-0.3, -0.25) is 0 Å². The lowest BCUT2D eigenvalue weighted by Crippen LogP contribution is -2.11. The predicted octanol–water partition coefficient (Wildman–Crippen LogP) is 3.88. The summed E-state index contributed by atoms with van der Waals surface area (Å²) in [5.41, 5.74) is 1.43. The van der Waals surface area contributed by atoms with Gasteiger partial charge in [0, 0.05) is 12.2 Å². The van der Waals surface area contributed by atoms with Gasteiger partial charge in [-0.2, -0.15) is 5.26 Å². The van der Waals surface area contributed by atoms with Gasteiger partial charge < -0.3 is 5.32 Å². The van der Waals surface area contributed by atoms with Gasteiger partial charge in [0.25, 0.3) is 0 Å². The molecule has 1 N–H and O–H groups in total. The summed E-state index contributed by atoms with van der Waals surface area (Å²) in [6.07, 6.45) is 1.74. The molecule has 0 spiro atoms. The number of anilines is 1. The van der Waals surface area contributed by atoms with Crippen molar-refractivity contribution in [2.75, 3.05) is 11.9 Å². The van der Waals surface area contributed by atoms with E-state index in [0.717, 1.165) is 30.6 Å². The molecule has 3 heteroatoms. The zero-order valence-corrected chi connectivity index (χ0v) is 10.7. The molecule has 0 heterocycles. The second-order valence-corrected chi connectivity index (χ2v) is 5.04. The second kappa shape index (κ2) is 5.67. The van der Waals surface area contributed by atoms with Gasteiger partial charge in [0.1, 0.15) is 5.82 Å². The zero-order chi connectivity index (χ0) is 12.9. The van der Waals surface area contributed by atoms with Crippen LogP contribution in [0.3, 0.4) is 0 Å². The van der Waals surface area contributed by atoms with Crippen LogP contribution in [0.25, 0.3) is 0 Å². The van der Waals surface area contributed by atoms with E-state index in [4.69, 9.17) is 5.26 Å². The molecule has 0 fully saturated rings. The Morgan fingerprint density at radius 2 is 2.06 bits per heavy atom. The number of nitriles is 1. The number of hydrogen-bond donors (Lipinski definition) is 1. The molecule has 0 aliphatic heterocycles. The minimum Gasteiger partial charge on any atom is -0.385 e. The first-order valence-electron chi connectivity index (χ1n) is 5.85. The third kappa shape index (κ3) is 4.86. The summed E-state index contributed by atoms with van der Waals surface area (Å²) in [7, 11) is 0. The molecule has 0 saturated carbocycles. The van der Waals surface area contributed by atoms with Gasteiger partial charge in [-0.05, 0) is 57.4 Å². The normalized spacial score (nSPS) is 11.0. The van der Waals surface area contributed by atoms with E-state index in [1.807, 2.05) is 26.8 Å². The van der Waals surface area contributed by atoms with E-state index < -0.39 is 0 Å². The minimum atomic E-state index is -0.278. The van der Waals surface area contributed by atoms with Crippen LogP contribution in [0.2, 0.25) is 0 Å². The van der Waals surface area contributed by atoms with Crippen molar-refractivity contribution in [1.29, 1.82) is 5.26 Å². The van der Waals surface area contributed by atoms with E-state index in [1.165, 1.54) is 12.1 Å². The molecule has 0 amide bonds. The molecule has 0 aliphatic carbocycles. The third-order valence-corrected chi connectivity index (χ3v) is 2.65. The lowest BCUT2D eigenvalue weighted by atomic mass is 9.90. The van der Waals surface area contributed by atoms with Gasteiger partial charge in [-0.1, -0.05) is 0 Å². The van der Waals surface area contributed by atoms with Crippen molar-refractivity contribution in [1.82, 2.24) is 0 Å². The SMILES string of the molecule is Cc1cc(F)cc(NCCCC(C)(C)C#N)c1. The number of nitrogens with one attached hydrogen (secondary N) is 1. The van der Waals surface area contributed by atoms with Gasteiger partial charge >= 0.3 is 0 Å². The Labute approximate surface area is 102 Å². The summed E-state index contributed by atoms with van der Waals surface area (Å²) in [5, 5.41) is 12.0. The van der Waals surface area contributed by atoms with E-state index in [2.05, 4.69) is 11.4 Å². The largest absolute Gasteiger partial charge is 0.385 e. The van der Waals surface area contributed by atoms with E-state index >= 15 is 0 Å². The summed E-state index contributed by atoms with van der Waals surface area (Å²) >= 11 is 0. The van der Waals surface area contributed by atoms with E-state index in [-0.39, 0.29) is 11.2 Å². The number of hydrogen-bond acceptors (Lipinski definition) is 2. The Kier molecular flexibility index (Phi) is 4.51. The van der Waals surface area contributed by atoms with Crippen molar-refractivity contribution in [3.8, 4) is 6.07 Å². The Hall–Kier alpha value is -1.56. The van der Waals surface area contributed by atoms with Gasteiger partial charge in [0.15, 0.2) is 0 Å². The maximum atomic E-state index is 13.1. The maximum absolute atomic E-state index is 13.1. The molecule has 0 radical (unpaired) electrons. The third-order valence-electron chi connectivity index (χ3n) is 2.65. The lowest BCUT2D eigenvalue weighted by Gasteiger charge is -2.15. The van der Waals surface area contributed by atoms with Crippen LogP contribution in [-0.2, 0) is 0 Å². The van der Waals surface area contributed by atoms with Crippen molar-refractivity contribution < 1.29 is 4.39 Å². The van der Waals surface area contributed by atoms with Gasteiger partial charge in [-0.15, -0.1) is 0 Å². The maximum Gasteiger partial charge on any atom is 0.125 e. The number of rotatable bonds is 5. The van der Waals surface area contributed by atoms with E-state index in [9.17, 15) is 4.39 Å². The van der Waals surface area contributed by atoms with Gasteiger partial charge in [0.2, 0.25) is 0 Å². The molecular formula is C14H19FN2. The van der Waals surface area contributed by atoms with Crippen LogP contribution in [0.1, 0.15) is 32.3 Å². The minimum absolute atomic E-state index is 0.218. The molecule has 17 heavy (non-hydrogen) atoms. The summed E-state index contributed by atoms with van der Waals surface area (Å²) in [4.78, 5) is 0. The average molecular weight is 234 g/mol. The predicted molar refractivity (Wildman–Crippen MR) is 68.3 cm³/mol. The molecule has 92 valence electrons. The second-order valence-electron chi connectivity index (χ2n) is 5.04. The van der Waals surface area contributed by atoms with Crippen LogP contribution in [0.15, 0.2) is 18.2 Å². The Bertz CT molecular complexity index is 398. The number of nitrogens with zero attached hydrogens (tertiary/aromatic N) is 1. The number of benzene rings is 1. The van der Waals surface area contributed by atoms with Gasteiger partial charge in [-0.25, -0.2) is 4.39 Å². The first-order chi connectivity index (χ1) is 7.93. The van der Waals surface area contributed by atoms with Crippen LogP contribution in [0.4, 0.5) is 10.1 Å². The highest BCUT2D eigenvalue weighted by molar-refractivity contribution is 5.45. The summed E-state index contributed by atoms with van der Waals surface area (Å²) in [6, 6.07) is 7.18. The van der Waals surface area contributed by atoms with Gasteiger partial charge in [0.05, 0.1) is 11.5 Å². The highest BCUT2D eigenvalue weighted by Gasteiger charge is 2.15. The van der Waals surface area contributed by atoms with Crippen molar-refractivity contribution in [3.63, 3.8) is 0 Å². The topological polar surface area (TPSA) is 35.8 Å². The van der Waals surface area contributed by atoms with Crippen molar-refractivity contribution in [2.24, 2.45) is 5.41 Å². The Balaban J connectivity index is 2.39. The smallest absolute Gasteiger partial charge is 0.125 e. The summed E-state index contributed by atoms with van der Waals surface area (Å²) in [6.45, 7) is 6.49. The molecule has 0 aliphatic rings. The van der Waals surface area contributed by atoms with Crippen molar-refractivity contribution in [3.05, 3.63) is 29.6 Å². The molecule has 0 bridgehead atoms. The number of halogens is 1. The first kappa shape index (κ1) is 13.5. The van der Waals surface area contributed by atoms with Crippen LogP contribution >= 0.6 is 0 Å². The Morgan fingerprint density at radius 1 is 1.35 bits per heavy atom. The highest BCUT2D eigenvalue weighted by Crippen LogP contribution is 2.20. The fourth-order valence-electron chi connectivity index (χ4n) is 1.66. The quantitative estimate of drug-likeness (QED) is 0.785. The Morgan fingerprint density at radius 3 is 2.65 bits per heavy atom. The monoisotopic (exact) mass is 234 g/mol. The van der Waals surface area contributed by atoms with Crippen LogP contribution in [0, 0.1) is 29.5 Å². The molecular weight excluding hydrogens is 215 g/mol. The average Bonchev–Trinajstić information content (AvgIpc) is 2.23. The van der Waals surface area contributed by atoms with E-state index in [0.29, 0.717) is 0 Å². The van der Waals surface area contributed by atoms with E-state index in [1.54, 1.807) is 0 Å². The number of aryl methyl sites for hydroxylation is 1. The standard InChI is InChI=1S/C14H19FN2/c1-11-7-12(15)9-13(8-11)17-6-4-5-14(2,3)10-16/h7-9,17H,4-6H2,1-3H3. The molecule has 1 aromatic carbocycles. The molecule has 2 nitrogen and oxygen atoms in total. The molecule has 1 rings (SSSR count). The molecule has 0 saturated heterocycles. The lowest BCUT2D eigenvalue weighted by molar-refractivity contribution is 0.441. The summed E-state index contributed by atoms with van der Waals surface area (Å²) in [5.74, 6) is -0.218. The molecule has 0 atom stereocenters. The molecule has 1 aromatic rings. The highest BCUT2D eigenvalue weighted by atomic mass is 19.1. The van der Waals surface area contributed by atoms with Crippen molar-refractivity contribution in [2.45, 2.75) is 33.6 Å². The molecule has 0 aromatic heterocycles. The van der Waals surface area contributed by atoms with Crippen LogP contribution < -0.4 is 5.32 Å². The summed E-state index contributed by atoms with van der Waals surface area (Å²) < 4.78 is 13.1. The van der Waals surface area contributed by atoms with Crippen LogP contribution in [0.5, 0.6) is 0 Å². The first-order valence-corrected chi connectivity index (χ1v) is 5.85.